The zero-order valence-electron chi connectivity index (χ0n) is 37.3. The van der Waals surface area contributed by atoms with Gasteiger partial charge in [-0.25, -0.2) is 0 Å². The van der Waals surface area contributed by atoms with Crippen LogP contribution in [-0.4, -0.2) is 4.57 Å². The van der Waals surface area contributed by atoms with E-state index in [-0.39, 0.29) is 0 Å². The number of aromatic nitrogens is 1. The van der Waals surface area contributed by atoms with Gasteiger partial charge in [0.2, 0.25) is 0 Å². The van der Waals surface area contributed by atoms with Crippen LogP contribution in [0.5, 0.6) is 0 Å². The Morgan fingerprint density at radius 2 is 0.794 bits per heavy atom. The molecule has 0 aliphatic heterocycles. The summed E-state index contributed by atoms with van der Waals surface area (Å²) in [6.45, 7) is 0. The van der Waals surface area contributed by atoms with Crippen molar-refractivity contribution in [1.29, 1.82) is 0 Å². The van der Waals surface area contributed by atoms with Crippen LogP contribution in [0.1, 0.15) is 0 Å². The van der Waals surface area contributed by atoms with Crippen molar-refractivity contribution in [3.8, 4) is 50.2 Å². The van der Waals surface area contributed by atoms with E-state index in [2.05, 4.69) is 276 Å². The number of benzene rings is 12. The molecule has 0 aliphatic carbocycles. The van der Waals surface area contributed by atoms with Crippen LogP contribution in [0.2, 0.25) is 0 Å². The van der Waals surface area contributed by atoms with E-state index < -0.39 is 0 Å². The Morgan fingerprint density at radius 3 is 1.54 bits per heavy atom. The van der Waals surface area contributed by atoms with Crippen molar-refractivity contribution >= 4 is 71.2 Å². The maximum atomic E-state index is 2.49. The fourth-order valence-electron chi connectivity index (χ4n) is 10.8. The molecule has 0 N–H and O–H groups in total. The highest BCUT2D eigenvalue weighted by Crippen LogP contribution is 2.48. The van der Waals surface area contributed by atoms with Crippen LogP contribution in [0.15, 0.2) is 267 Å². The first kappa shape index (κ1) is 39.4. The molecule has 2 nitrogen and oxygen atoms in total. The van der Waals surface area contributed by atoms with E-state index in [0.29, 0.717) is 0 Å². The third-order valence-corrected chi connectivity index (χ3v) is 13.8. The molecule has 318 valence electrons. The molecule has 0 saturated heterocycles. The minimum absolute atomic E-state index is 1.07. The number of hydrogen-bond acceptors (Lipinski definition) is 1. The van der Waals surface area contributed by atoms with Gasteiger partial charge in [0.05, 0.1) is 28.1 Å². The molecule has 13 rings (SSSR count). The zero-order chi connectivity index (χ0) is 45.0. The smallest absolute Gasteiger partial charge is 0.0782 e. The van der Waals surface area contributed by atoms with Gasteiger partial charge in [0.25, 0.3) is 0 Å². The molecule has 0 unspecified atom stereocenters. The summed E-state index contributed by atoms with van der Waals surface area (Å²) in [7, 11) is 0. The molecule has 0 amide bonds. The molecule has 12 aromatic carbocycles. The Balaban J connectivity index is 1.04. The van der Waals surface area contributed by atoms with E-state index in [0.717, 1.165) is 39.4 Å². The summed E-state index contributed by atoms with van der Waals surface area (Å²) in [6.07, 6.45) is 0. The molecular weight excluding hydrogens is 821 g/mol. The van der Waals surface area contributed by atoms with Gasteiger partial charge in [-0.05, 0) is 108 Å². The molecule has 0 spiro atoms. The number of fused-ring (bicyclic) bond motifs is 7. The summed E-state index contributed by atoms with van der Waals surface area (Å²) in [4.78, 5) is 2.47. The van der Waals surface area contributed by atoms with Gasteiger partial charge in [-0.15, -0.1) is 0 Å². The lowest BCUT2D eigenvalue weighted by Gasteiger charge is -2.29. The topological polar surface area (TPSA) is 8.17 Å². The van der Waals surface area contributed by atoms with Crippen molar-refractivity contribution in [3.63, 3.8) is 0 Å². The van der Waals surface area contributed by atoms with Crippen molar-refractivity contribution in [2.45, 2.75) is 0 Å². The molecule has 2 heteroatoms. The summed E-state index contributed by atoms with van der Waals surface area (Å²) in [5.74, 6) is 0. The van der Waals surface area contributed by atoms with Gasteiger partial charge in [-0.1, -0.05) is 224 Å². The molecule has 0 atom stereocenters. The lowest BCUT2D eigenvalue weighted by molar-refractivity contribution is 1.18. The van der Waals surface area contributed by atoms with E-state index in [9.17, 15) is 0 Å². The Morgan fingerprint density at radius 1 is 0.279 bits per heavy atom. The molecule has 1 heterocycles. The fourth-order valence-corrected chi connectivity index (χ4v) is 10.8. The van der Waals surface area contributed by atoms with Gasteiger partial charge in [0.15, 0.2) is 0 Å². The Hall–Kier alpha value is -8.98. The van der Waals surface area contributed by atoms with Gasteiger partial charge in [0, 0.05) is 27.4 Å². The Labute approximate surface area is 395 Å². The van der Waals surface area contributed by atoms with Gasteiger partial charge >= 0.3 is 0 Å². The van der Waals surface area contributed by atoms with E-state index in [1.54, 1.807) is 0 Å². The molecule has 13 aromatic rings. The van der Waals surface area contributed by atoms with Crippen LogP contribution in [0.25, 0.3) is 104 Å². The van der Waals surface area contributed by atoms with Gasteiger partial charge < -0.3 is 9.47 Å². The minimum atomic E-state index is 1.07. The number of para-hydroxylation sites is 3. The number of rotatable bonds is 8. The standard InChI is InChI=1S/C66H44N2/c1-4-20-46(21-5-1)52-29-14-16-34-60(52)67(63-37-19-33-58-56-31-15-17-35-62(56)68(66(58)63)61-36-18-27-47-22-10-11-28-53(47)61)51-41-38-45(39-42-51)50-40-43-55-54-30-12-13-32-57(54)64(48-23-6-2-7-24-48)65(59(55)44-50)49-25-8-3-9-26-49/h1-44H. The van der Waals surface area contributed by atoms with Crippen molar-refractivity contribution in [3.05, 3.63) is 267 Å². The first-order chi connectivity index (χ1) is 33.8. The molecule has 0 radical (unpaired) electrons. The molecule has 0 aliphatic rings. The summed E-state index contributed by atoms with van der Waals surface area (Å²) in [5, 5.41) is 9.85. The maximum Gasteiger partial charge on any atom is 0.0782 e. The third-order valence-electron chi connectivity index (χ3n) is 13.8. The van der Waals surface area contributed by atoms with Crippen LogP contribution >= 0.6 is 0 Å². The Kier molecular flexibility index (Phi) is 9.54. The van der Waals surface area contributed by atoms with Crippen LogP contribution in [-0.2, 0) is 0 Å². The number of hydrogen-bond donors (Lipinski definition) is 0. The largest absolute Gasteiger partial charge is 0.308 e. The van der Waals surface area contributed by atoms with Crippen molar-refractivity contribution in [2.75, 3.05) is 4.90 Å². The predicted molar refractivity (Wildman–Crippen MR) is 290 cm³/mol. The van der Waals surface area contributed by atoms with Crippen LogP contribution in [0, 0.1) is 0 Å². The second-order valence-corrected chi connectivity index (χ2v) is 17.6. The SMILES string of the molecule is c1ccc(-c2ccccc2N(c2ccc(-c3ccc4c(c3)c(-c3ccccc3)c(-c3ccccc3)c3ccccc34)cc2)c2cccc3c4ccccc4n(-c4cccc5ccccc45)c23)cc1. The van der Waals surface area contributed by atoms with Crippen LogP contribution in [0.3, 0.4) is 0 Å². The second kappa shape index (κ2) is 16.5. The summed E-state index contributed by atoms with van der Waals surface area (Å²) < 4.78 is 2.49. The quantitative estimate of drug-likeness (QED) is 0.138. The summed E-state index contributed by atoms with van der Waals surface area (Å²) >= 11 is 0. The van der Waals surface area contributed by atoms with E-state index in [1.165, 1.54) is 82.0 Å². The second-order valence-electron chi connectivity index (χ2n) is 17.6. The van der Waals surface area contributed by atoms with Crippen LogP contribution < -0.4 is 4.90 Å². The van der Waals surface area contributed by atoms with E-state index in [1.807, 2.05) is 0 Å². The number of anilines is 3. The van der Waals surface area contributed by atoms with Crippen LogP contribution in [0.4, 0.5) is 17.1 Å². The highest BCUT2D eigenvalue weighted by molar-refractivity contribution is 6.22. The zero-order valence-corrected chi connectivity index (χ0v) is 37.3. The van der Waals surface area contributed by atoms with E-state index in [4.69, 9.17) is 0 Å². The molecule has 68 heavy (non-hydrogen) atoms. The first-order valence-electron chi connectivity index (χ1n) is 23.4. The van der Waals surface area contributed by atoms with Crippen molar-refractivity contribution in [1.82, 2.24) is 4.57 Å². The molecule has 0 bridgehead atoms. The average Bonchev–Trinajstić information content (AvgIpc) is 3.76. The van der Waals surface area contributed by atoms with Crippen molar-refractivity contribution in [2.24, 2.45) is 0 Å². The predicted octanol–water partition coefficient (Wildman–Crippen LogP) is 18.4. The van der Waals surface area contributed by atoms with Crippen molar-refractivity contribution < 1.29 is 0 Å². The summed E-state index contributed by atoms with van der Waals surface area (Å²) in [6, 6.07) is 97.5. The lowest BCUT2D eigenvalue weighted by Crippen LogP contribution is -2.13. The Bertz CT molecular complexity index is 4000. The fraction of sp³-hybridized carbons (Fsp3) is 0. The van der Waals surface area contributed by atoms with Gasteiger partial charge in [-0.2, -0.15) is 0 Å². The molecular formula is C66H44N2. The average molecular weight is 865 g/mol. The molecule has 0 fully saturated rings. The number of nitrogens with zero attached hydrogens (tertiary/aromatic N) is 2. The molecule has 1 aromatic heterocycles. The normalized spacial score (nSPS) is 11.5. The summed E-state index contributed by atoms with van der Waals surface area (Å²) in [5.41, 5.74) is 16.3. The lowest BCUT2D eigenvalue weighted by atomic mass is 9.84. The highest BCUT2D eigenvalue weighted by Gasteiger charge is 2.25. The first-order valence-corrected chi connectivity index (χ1v) is 23.4. The highest BCUT2D eigenvalue weighted by atomic mass is 15.2. The minimum Gasteiger partial charge on any atom is -0.308 e. The van der Waals surface area contributed by atoms with Gasteiger partial charge in [-0.3, -0.25) is 0 Å². The monoisotopic (exact) mass is 864 g/mol. The van der Waals surface area contributed by atoms with E-state index >= 15 is 0 Å². The maximum absolute atomic E-state index is 2.49. The third kappa shape index (κ3) is 6.49. The molecule has 0 saturated carbocycles. The van der Waals surface area contributed by atoms with Gasteiger partial charge in [0.1, 0.15) is 0 Å².